The van der Waals surface area contributed by atoms with Crippen molar-refractivity contribution in [3.05, 3.63) is 31.8 Å². The van der Waals surface area contributed by atoms with Crippen molar-refractivity contribution in [2.24, 2.45) is 11.7 Å². The summed E-state index contributed by atoms with van der Waals surface area (Å²) >= 11 is 5.67. The lowest BCUT2D eigenvalue weighted by atomic mass is 10.0. The van der Waals surface area contributed by atoms with E-state index < -0.39 is 0 Å². The van der Waals surface area contributed by atoms with Gasteiger partial charge < -0.3 is 10.6 Å². The lowest BCUT2D eigenvalue weighted by Gasteiger charge is -2.19. The number of halogens is 2. The van der Waals surface area contributed by atoms with Gasteiger partial charge in [-0.05, 0) is 76.0 Å². The molecule has 2 rings (SSSR count). The predicted molar refractivity (Wildman–Crippen MR) is 84.5 cm³/mol. The SMILES string of the molecule is CC(N)C1CCN(C(=O)c2cc(I)ccc2Br)C1. The lowest BCUT2D eigenvalue weighted by molar-refractivity contribution is 0.0785. The minimum Gasteiger partial charge on any atom is -0.338 e. The number of carbonyl (C=O) groups is 1. The Morgan fingerprint density at radius 2 is 2.33 bits per heavy atom. The van der Waals surface area contributed by atoms with Gasteiger partial charge in [0.15, 0.2) is 0 Å². The number of carbonyl (C=O) groups excluding carboxylic acids is 1. The van der Waals surface area contributed by atoms with Gasteiger partial charge in [0.2, 0.25) is 0 Å². The van der Waals surface area contributed by atoms with Crippen molar-refractivity contribution in [3.8, 4) is 0 Å². The summed E-state index contributed by atoms with van der Waals surface area (Å²) < 4.78 is 1.93. The van der Waals surface area contributed by atoms with E-state index in [2.05, 4.69) is 38.5 Å². The van der Waals surface area contributed by atoms with Crippen molar-refractivity contribution >= 4 is 44.4 Å². The molecule has 2 N–H and O–H groups in total. The highest BCUT2D eigenvalue weighted by atomic mass is 127. The molecule has 5 heteroatoms. The highest BCUT2D eigenvalue weighted by Gasteiger charge is 2.29. The Morgan fingerprint density at radius 3 is 2.94 bits per heavy atom. The van der Waals surface area contributed by atoms with Crippen LogP contribution in [-0.4, -0.2) is 29.9 Å². The quantitative estimate of drug-likeness (QED) is 0.745. The maximum Gasteiger partial charge on any atom is 0.255 e. The van der Waals surface area contributed by atoms with Gasteiger partial charge in [0.25, 0.3) is 5.91 Å². The summed E-state index contributed by atoms with van der Waals surface area (Å²) in [5.41, 5.74) is 6.65. The zero-order valence-electron chi connectivity index (χ0n) is 10.2. The van der Waals surface area contributed by atoms with Crippen LogP contribution in [0, 0.1) is 9.49 Å². The summed E-state index contributed by atoms with van der Waals surface area (Å²) in [4.78, 5) is 14.3. The van der Waals surface area contributed by atoms with Gasteiger partial charge in [0.1, 0.15) is 0 Å². The summed E-state index contributed by atoms with van der Waals surface area (Å²) in [7, 11) is 0. The van der Waals surface area contributed by atoms with Crippen LogP contribution in [0.15, 0.2) is 22.7 Å². The maximum atomic E-state index is 12.4. The molecule has 0 spiro atoms. The van der Waals surface area contributed by atoms with Crippen LogP contribution in [-0.2, 0) is 0 Å². The Labute approximate surface area is 129 Å². The molecule has 2 atom stereocenters. The first-order chi connectivity index (χ1) is 8.49. The number of hydrogen-bond acceptors (Lipinski definition) is 2. The van der Waals surface area contributed by atoms with E-state index in [4.69, 9.17) is 5.73 Å². The van der Waals surface area contributed by atoms with Crippen molar-refractivity contribution in [1.29, 1.82) is 0 Å². The highest BCUT2D eigenvalue weighted by Crippen LogP contribution is 2.25. The summed E-state index contributed by atoms with van der Waals surface area (Å²) in [6.07, 6.45) is 1.00. The van der Waals surface area contributed by atoms with Crippen molar-refractivity contribution < 1.29 is 4.79 Å². The zero-order chi connectivity index (χ0) is 13.3. The van der Waals surface area contributed by atoms with Gasteiger partial charge >= 0.3 is 0 Å². The molecule has 1 amide bonds. The van der Waals surface area contributed by atoms with Crippen LogP contribution in [0.4, 0.5) is 0 Å². The van der Waals surface area contributed by atoms with Gasteiger partial charge in [-0.3, -0.25) is 4.79 Å². The Morgan fingerprint density at radius 1 is 1.61 bits per heavy atom. The summed E-state index contributed by atoms with van der Waals surface area (Å²) in [5, 5.41) is 0. The van der Waals surface area contributed by atoms with Crippen molar-refractivity contribution in [1.82, 2.24) is 4.90 Å². The van der Waals surface area contributed by atoms with Crippen LogP contribution in [0.1, 0.15) is 23.7 Å². The third-order valence-corrected chi connectivity index (χ3v) is 4.78. The number of likely N-dealkylation sites (tertiary alicyclic amines) is 1. The molecule has 2 unspecified atom stereocenters. The zero-order valence-corrected chi connectivity index (χ0v) is 13.9. The van der Waals surface area contributed by atoms with E-state index >= 15 is 0 Å². The minimum absolute atomic E-state index is 0.101. The van der Waals surface area contributed by atoms with E-state index in [9.17, 15) is 4.79 Å². The molecule has 1 saturated heterocycles. The molecule has 1 aliphatic rings. The smallest absolute Gasteiger partial charge is 0.255 e. The molecule has 1 aromatic carbocycles. The maximum absolute atomic E-state index is 12.4. The molecular formula is C13H16BrIN2O. The van der Waals surface area contributed by atoms with Gasteiger partial charge in [0, 0.05) is 27.2 Å². The molecule has 1 heterocycles. The normalized spacial score (nSPS) is 21.1. The van der Waals surface area contributed by atoms with Crippen LogP contribution < -0.4 is 5.73 Å². The van der Waals surface area contributed by atoms with E-state index in [1.807, 2.05) is 30.0 Å². The fraction of sp³-hybridized carbons (Fsp3) is 0.462. The molecule has 0 bridgehead atoms. The molecule has 1 aromatic rings. The second-order valence-electron chi connectivity index (χ2n) is 4.78. The average Bonchev–Trinajstić information content (AvgIpc) is 2.81. The molecule has 18 heavy (non-hydrogen) atoms. The third kappa shape index (κ3) is 3.05. The number of nitrogens with zero attached hydrogens (tertiary/aromatic N) is 1. The molecule has 1 aliphatic heterocycles. The lowest BCUT2D eigenvalue weighted by Crippen LogP contribution is -2.33. The second-order valence-corrected chi connectivity index (χ2v) is 6.88. The molecule has 3 nitrogen and oxygen atoms in total. The number of rotatable bonds is 2. The largest absolute Gasteiger partial charge is 0.338 e. The molecule has 1 fully saturated rings. The molecule has 98 valence electrons. The van der Waals surface area contributed by atoms with Crippen molar-refractivity contribution in [2.75, 3.05) is 13.1 Å². The van der Waals surface area contributed by atoms with E-state index in [-0.39, 0.29) is 11.9 Å². The van der Waals surface area contributed by atoms with Crippen LogP contribution in [0.25, 0.3) is 0 Å². The summed E-state index contributed by atoms with van der Waals surface area (Å²) in [6.45, 7) is 3.59. The van der Waals surface area contributed by atoms with Crippen LogP contribution in [0.3, 0.4) is 0 Å². The first kappa shape index (κ1) is 14.3. The average molecular weight is 423 g/mol. The Kier molecular flexibility index (Phi) is 4.66. The van der Waals surface area contributed by atoms with E-state index in [0.717, 1.165) is 33.1 Å². The third-order valence-electron chi connectivity index (χ3n) is 3.41. The molecule has 0 saturated carbocycles. The Bertz CT molecular complexity index is 464. The minimum atomic E-state index is 0.101. The molecule has 0 aliphatic carbocycles. The van der Waals surface area contributed by atoms with Gasteiger partial charge in [-0.2, -0.15) is 0 Å². The second kappa shape index (κ2) is 5.88. The van der Waals surface area contributed by atoms with E-state index in [1.54, 1.807) is 0 Å². The van der Waals surface area contributed by atoms with Gasteiger partial charge in [-0.25, -0.2) is 0 Å². The van der Waals surface area contributed by atoms with Crippen LogP contribution in [0.2, 0.25) is 0 Å². The highest BCUT2D eigenvalue weighted by molar-refractivity contribution is 14.1. The first-order valence-corrected chi connectivity index (χ1v) is 7.86. The topological polar surface area (TPSA) is 46.3 Å². The van der Waals surface area contributed by atoms with Gasteiger partial charge in [-0.1, -0.05) is 0 Å². The first-order valence-electron chi connectivity index (χ1n) is 5.99. The number of nitrogens with two attached hydrogens (primary N) is 1. The van der Waals surface area contributed by atoms with Gasteiger partial charge in [-0.15, -0.1) is 0 Å². The van der Waals surface area contributed by atoms with Crippen LogP contribution >= 0.6 is 38.5 Å². The van der Waals surface area contributed by atoms with E-state index in [1.165, 1.54) is 0 Å². The standard InChI is InChI=1S/C13H16BrIN2O/c1-8(16)9-4-5-17(7-9)13(18)11-6-10(15)2-3-12(11)14/h2-3,6,8-9H,4-5,7,16H2,1H3. The van der Waals surface area contributed by atoms with Gasteiger partial charge in [0.05, 0.1) is 5.56 Å². The van der Waals surface area contributed by atoms with Crippen LogP contribution in [0.5, 0.6) is 0 Å². The molecule has 0 radical (unpaired) electrons. The monoisotopic (exact) mass is 422 g/mol. The Balaban J connectivity index is 2.15. The van der Waals surface area contributed by atoms with E-state index in [0.29, 0.717) is 5.92 Å². The summed E-state index contributed by atoms with van der Waals surface area (Å²) in [6, 6.07) is 5.98. The summed E-state index contributed by atoms with van der Waals surface area (Å²) in [5.74, 6) is 0.527. The Hall–Kier alpha value is -0.140. The fourth-order valence-corrected chi connectivity index (χ4v) is 3.14. The number of benzene rings is 1. The molecular weight excluding hydrogens is 407 g/mol. The number of hydrogen-bond donors (Lipinski definition) is 1. The fourth-order valence-electron chi connectivity index (χ4n) is 2.23. The van der Waals surface area contributed by atoms with Crippen molar-refractivity contribution in [2.45, 2.75) is 19.4 Å². The molecule has 0 aromatic heterocycles. The number of amides is 1. The van der Waals surface area contributed by atoms with Crippen molar-refractivity contribution in [3.63, 3.8) is 0 Å². The predicted octanol–water partition coefficient (Wildman–Crippen LogP) is 2.86.